The van der Waals surface area contributed by atoms with Gasteiger partial charge in [0, 0.05) is 17.5 Å². The molecule has 0 spiro atoms. The van der Waals surface area contributed by atoms with Gasteiger partial charge in [-0.3, -0.25) is 5.10 Å². The number of aliphatic hydroxyl groups excluding tert-OH is 1. The molecule has 4 heteroatoms. The Kier molecular flexibility index (Phi) is 3.70. The summed E-state index contributed by atoms with van der Waals surface area (Å²) in [6, 6.07) is 2.11. The Hall–Kier alpha value is -0.870. The number of aromatic nitrogens is 2. The summed E-state index contributed by atoms with van der Waals surface area (Å²) in [5, 5.41) is 29.8. The van der Waals surface area contributed by atoms with E-state index in [4.69, 9.17) is 0 Å². The Bertz CT molecular complexity index is 676. The molecule has 0 aliphatic heterocycles. The number of H-pyrrole nitrogens is 1. The number of hydrogen-bond acceptors (Lipinski definition) is 3. The SMILES string of the molecule is CC12CCC(O)CC1CCC1C2CCC2(C)C(c3cc[nH]n3)CCC12O. The molecule has 1 heterocycles. The van der Waals surface area contributed by atoms with Crippen molar-refractivity contribution in [3.63, 3.8) is 0 Å². The third kappa shape index (κ3) is 2.06. The van der Waals surface area contributed by atoms with E-state index in [2.05, 4.69) is 30.1 Å². The molecular formula is C22H34N2O2. The maximum Gasteiger partial charge on any atom is 0.0738 e. The summed E-state index contributed by atoms with van der Waals surface area (Å²) in [7, 11) is 0. The molecule has 0 saturated heterocycles. The molecule has 0 aromatic carbocycles. The molecule has 1 aromatic heterocycles. The van der Waals surface area contributed by atoms with E-state index in [0.29, 0.717) is 29.1 Å². The van der Waals surface area contributed by atoms with E-state index in [1.54, 1.807) is 0 Å². The first-order valence-electron chi connectivity index (χ1n) is 10.8. The van der Waals surface area contributed by atoms with Crippen LogP contribution in [0.3, 0.4) is 0 Å². The van der Waals surface area contributed by atoms with Gasteiger partial charge in [0.1, 0.15) is 0 Å². The van der Waals surface area contributed by atoms with Crippen LogP contribution in [-0.2, 0) is 0 Å². The van der Waals surface area contributed by atoms with Gasteiger partial charge >= 0.3 is 0 Å². The largest absolute Gasteiger partial charge is 0.393 e. The van der Waals surface area contributed by atoms with Crippen molar-refractivity contribution in [2.75, 3.05) is 0 Å². The van der Waals surface area contributed by atoms with E-state index >= 15 is 0 Å². The second-order valence-electron chi connectivity index (χ2n) is 10.4. The van der Waals surface area contributed by atoms with Crippen LogP contribution < -0.4 is 0 Å². The Balaban J connectivity index is 1.49. The minimum Gasteiger partial charge on any atom is -0.393 e. The number of aromatic amines is 1. The van der Waals surface area contributed by atoms with Gasteiger partial charge in [0.25, 0.3) is 0 Å². The predicted molar refractivity (Wildman–Crippen MR) is 101 cm³/mol. The zero-order valence-electron chi connectivity index (χ0n) is 16.2. The average molecular weight is 359 g/mol. The average Bonchev–Trinajstić information content (AvgIpc) is 3.21. The van der Waals surface area contributed by atoms with Crippen molar-refractivity contribution in [1.29, 1.82) is 0 Å². The van der Waals surface area contributed by atoms with Crippen molar-refractivity contribution in [1.82, 2.24) is 10.2 Å². The van der Waals surface area contributed by atoms with Crippen molar-refractivity contribution in [2.24, 2.45) is 28.6 Å². The molecule has 144 valence electrons. The van der Waals surface area contributed by atoms with Gasteiger partial charge in [-0.15, -0.1) is 0 Å². The lowest BCUT2D eigenvalue weighted by Gasteiger charge is -2.63. The molecule has 1 aromatic rings. The zero-order valence-corrected chi connectivity index (χ0v) is 16.2. The number of hydrogen-bond donors (Lipinski definition) is 3. The summed E-state index contributed by atoms with van der Waals surface area (Å²) in [4.78, 5) is 0. The molecule has 8 unspecified atom stereocenters. The highest BCUT2D eigenvalue weighted by Crippen LogP contribution is 2.70. The Morgan fingerprint density at radius 3 is 2.65 bits per heavy atom. The van der Waals surface area contributed by atoms with Crippen LogP contribution in [0, 0.1) is 28.6 Å². The van der Waals surface area contributed by atoms with E-state index in [-0.39, 0.29) is 11.5 Å². The fourth-order valence-electron chi connectivity index (χ4n) is 8.14. The van der Waals surface area contributed by atoms with E-state index < -0.39 is 5.60 Å². The van der Waals surface area contributed by atoms with Gasteiger partial charge in [-0.1, -0.05) is 13.8 Å². The van der Waals surface area contributed by atoms with Crippen molar-refractivity contribution >= 4 is 0 Å². The molecule has 4 fully saturated rings. The van der Waals surface area contributed by atoms with Gasteiger partial charge < -0.3 is 10.2 Å². The normalized spacial score (nSPS) is 53.6. The van der Waals surface area contributed by atoms with Crippen molar-refractivity contribution in [3.05, 3.63) is 18.0 Å². The lowest BCUT2D eigenvalue weighted by molar-refractivity contribution is -0.205. The topological polar surface area (TPSA) is 69.1 Å². The zero-order chi connectivity index (χ0) is 18.2. The first-order valence-corrected chi connectivity index (χ1v) is 10.8. The summed E-state index contributed by atoms with van der Waals surface area (Å²) in [6.45, 7) is 4.82. The highest BCUT2D eigenvalue weighted by atomic mass is 16.3. The first-order chi connectivity index (χ1) is 12.4. The molecule has 0 amide bonds. The van der Waals surface area contributed by atoms with Gasteiger partial charge in [-0.05, 0) is 87.0 Å². The van der Waals surface area contributed by atoms with Crippen molar-refractivity contribution in [2.45, 2.75) is 89.3 Å². The second kappa shape index (κ2) is 5.57. The predicted octanol–water partition coefficient (Wildman–Crippen LogP) is 4.01. The number of nitrogens with one attached hydrogen (secondary N) is 1. The molecule has 3 N–H and O–H groups in total. The summed E-state index contributed by atoms with van der Waals surface area (Å²) in [6.07, 6.45) is 11.5. The van der Waals surface area contributed by atoms with Gasteiger partial charge in [-0.2, -0.15) is 5.10 Å². The van der Waals surface area contributed by atoms with E-state index in [1.165, 1.54) is 12.8 Å². The molecule has 4 aliphatic carbocycles. The highest BCUT2D eigenvalue weighted by molar-refractivity contribution is 5.24. The summed E-state index contributed by atoms with van der Waals surface area (Å²) < 4.78 is 0. The van der Waals surface area contributed by atoms with Gasteiger partial charge in [0.05, 0.1) is 17.4 Å². The molecule has 8 atom stereocenters. The minimum absolute atomic E-state index is 0.0548. The molecule has 4 saturated carbocycles. The Labute approximate surface area is 156 Å². The summed E-state index contributed by atoms with van der Waals surface area (Å²) >= 11 is 0. The summed E-state index contributed by atoms with van der Waals surface area (Å²) in [5.41, 5.74) is 0.844. The molecule has 0 bridgehead atoms. The maximum atomic E-state index is 12.1. The van der Waals surface area contributed by atoms with Crippen LogP contribution in [-0.4, -0.2) is 32.1 Å². The lowest BCUT2D eigenvalue weighted by atomic mass is 9.43. The monoisotopic (exact) mass is 358 g/mol. The quantitative estimate of drug-likeness (QED) is 0.710. The van der Waals surface area contributed by atoms with Crippen LogP contribution in [0.2, 0.25) is 0 Å². The molecular weight excluding hydrogens is 324 g/mol. The standard InChI is InChI=1S/C22H34N2O2/c1-20-9-5-15(25)13-14(20)3-4-17-16(20)6-10-21(2)18(7-11-22(17,21)26)19-8-12-23-24-19/h8,12,14-18,25-26H,3-7,9-11,13H2,1-2H3,(H,23,24). The fourth-order valence-corrected chi connectivity index (χ4v) is 8.14. The number of aliphatic hydroxyl groups is 2. The first kappa shape index (κ1) is 17.2. The van der Waals surface area contributed by atoms with Gasteiger partial charge in [0.15, 0.2) is 0 Å². The van der Waals surface area contributed by atoms with E-state index in [1.807, 2.05) is 6.20 Å². The second-order valence-corrected chi connectivity index (χ2v) is 10.4. The molecule has 4 nitrogen and oxygen atoms in total. The molecule has 0 radical (unpaired) electrons. The number of rotatable bonds is 1. The lowest BCUT2D eigenvalue weighted by Crippen LogP contribution is -2.62. The highest BCUT2D eigenvalue weighted by Gasteiger charge is 2.67. The number of nitrogens with zero attached hydrogens (tertiary/aromatic N) is 1. The third-order valence-corrected chi connectivity index (χ3v) is 9.70. The number of fused-ring (bicyclic) bond motifs is 5. The minimum atomic E-state index is -0.552. The van der Waals surface area contributed by atoms with Crippen molar-refractivity contribution < 1.29 is 10.2 Å². The van der Waals surface area contributed by atoms with Crippen LogP contribution in [0.25, 0.3) is 0 Å². The Morgan fingerprint density at radius 1 is 1.04 bits per heavy atom. The summed E-state index contributed by atoms with van der Waals surface area (Å²) in [5.74, 6) is 2.05. The van der Waals surface area contributed by atoms with E-state index in [0.717, 1.165) is 50.6 Å². The van der Waals surface area contributed by atoms with Crippen LogP contribution in [0.1, 0.15) is 83.2 Å². The van der Waals surface area contributed by atoms with Crippen LogP contribution in [0.5, 0.6) is 0 Å². The third-order valence-electron chi connectivity index (χ3n) is 9.70. The molecule has 4 aliphatic rings. The Morgan fingerprint density at radius 2 is 1.88 bits per heavy atom. The maximum absolute atomic E-state index is 12.1. The van der Waals surface area contributed by atoms with Crippen LogP contribution in [0.15, 0.2) is 12.3 Å². The molecule has 5 rings (SSSR count). The van der Waals surface area contributed by atoms with Crippen molar-refractivity contribution in [3.8, 4) is 0 Å². The molecule has 26 heavy (non-hydrogen) atoms. The smallest absolute Gasteiger partial charge is 0.0738 e. The van der Waals surface area contributed by atoms with E-state index in [9.17, 15) is 10.2 Å². The van der Waals surface area contributed by atoms with Crippen LogP contribution >= 0.6 is 0 Å². The van der Waals surface area contributed by atoms with Gasteiger partial charge in [-0.25, -0.2) is 0 Å². The van der Waals surface area contributed by atoms with Gasteiger partial charge in [0.2, 0.25) is 0 Å². The van der Waals surface area contributed by atoms with Crippen LogP contribution in [0.4, 0.5) is 0 Å². The fraction of sp³-hybridized carbons (Fsp3) is 0.864.